The van der Waals surface area contributed by atoms with Crippen molar-refractivity contribution in [2.45, 2.75) is 30.7 Å². The third kappa shape index (κ3) is 1.36. The number of hydrogen-bond acceptors (Lipinski definition) is 2. The van der Waals surface area contributed by atoms with E-state index in [1.807, 2.05) is 0 Å². The molecule has 0 amide bonds. The molecular weight excluding hydrogens is 257 g/mol. The van der Waals surface area contributed by atoms with Gasteiger partial charge in [-0.1, -0.05) is 17.7 Å². The van der Waals surface area contributed by atoms with Crippen LogP contribution >= 0.6 is 11.6 Å². The Bertz CT molecular complexity index is 526. The molecule has 0 spiro atoms. The Hall–Kier alpha value is -1.13. The highest BCUT2D eigenvalue weighted by atomic mass is 35.5. The van der Waals surface area contributed by atoms with E-state index in [0.717, 1.165) is 24.8 Å². The summed E-state index contributed by atoms with van der Waals surface area (Å²) >= 11 is 6.05. The van der Waals surface area contributed by atoms with Crippen molar-refractivity contribution >= 4 is 17.6 Å². The van der Waals surface area contributed by atoms with E-state index in [1.54, 1.807) is 6.07 Å². The molecule has 0 heterocycles. The zero-order chi connectivity index (χ0) is 13.1. The molecule has 0 saturated heterocycles. The number of hydrogen-bond donors (Lipinski definition) is 2. The average molecular weight is 270 g/mol. The second kappa shape index (κ2) is 3.45. The second-order valence-corrected chi connectivity index (χ2v) is 6.02. The number of carboxylic acid groups (broad SMARTS) is 1. The lowest BCUT2D eigenvalue weighted by molar-refractivity contribution is -0.178. The Morgan fingerprint density at radius 1 is 1.44 bits per heavy atom. The lowest BCUT2D eigenvalue weighted by atomic mass is 9.31. The number of carboxylic acids is 1. The molecule has 2 bridgehead atoms. The van der Waals surface area contributed by atoms with Crippen molar-refractivity contribution in [3.63, 3.8) is 0 Å². The van der Waals surface area contributed by atoms with Gasteiger partial charge in [-0.2, -0.15) is 0 Å². The highest BCUT2D eigenvalue weighted by Gasteiger charge is 2.71. The molecule has 5 heteroatoms. The number of halogens is 2. The maximum Gasteiger partial charge on any atom is 0.321 e. The predicted molar refractivity (Wildman–Crippen MR) is 65.0 cm³/mol. The van der Waals surface area contributed by atoms with Gasteiger partial charge in [0.15, 0.2) is 0 Å². The summed E-state index contributed by atoms with van der Waals surface area (Å²) < 4.78 is 13.0. The number of rotatable bonds is 3. The molecule has 4 rings (SSSR count). The van der Waals surface area contributed by atoms with E-state index in [2.05, 4.69) is 0 Å². The Labute approximate surface area is 109 Å². The molecule has 1 aromatic carbocycles. The molecule has 0 aromatic heterocycles. The zero-order valence-electron chi connectivity index (χ0n) is 9.62. The first kappa shape index (κ1) is 11.9. The van der Waals surface area contributed by atoms with Crippen LogP contribution in [0, 0.1) is 11.2 Å². The SMILES string of the molecule is NC(C(=O)O)C12CC(c3ccc(F)cc3Cl)(C1)C2. The van der Waals surface area contributed by atoms with Crippen LogP contribution in [0.3, 0.4) is 0 Å². The van der Waals surface area contributed by atoms with Crippen LogP contribution in [0.4, 0.5) is 4.39 Å². The highest BCUT2D eigenvalue weighted by molar-refractivity contribution is 6.31. The minimum Gasteiger partial charge on any atom is -0.480 e. The number of benzene rings is 1. The van der Waals surface area contributed by atoms with E-state index in [4.69, 9.17) is 22.4 Å². The molecule has 3 saturated carbocycles. The van der Waals surface area contributed by atoms with Crippen molar-refractivity contribution < 1.29 is 14.3 Å². The molecule has 3 nitrogen and oxygen atoms in total. The summed E-state index contributed by atoms with van der Waals surface area (Å²) in [6.07, 6.45) is 2.20. The van der Waals surface area contributed by atoms with Gasteiger partial charge in [-0.15, -0.1) is 0 Å². The van der Waals surface area contributed by atoms with Crippen LogP contribution in [-0.4, -0.2) is 17.1 Å². The molecule has 3 N–H and O–H groups in total. The Morgan fingerprint density at radius 2 is 2.06 bits per heavy atom. The normalized spacial score (nSPS) is 34.4. The zero-order valence-corrected chi connectivity index (χ0v) is 10.4. The molecule has 18 heavy (non-hydrogen) atoms. The summed E-state index contributed by atoms with van der Waals surface area (Å²) in [5, 5.41) is 9.38. The predicted octanol–water partition coefficient (Wildman–Crippen LogP) is 2.31. The molecule has 3 aliphatic carbocycles. The van der Waals surface area contributed by atoms with Gasteiger partial charge in [-0.25, -0.2) is 4.39 Å². The van der Waals surface area contributed by atoms with Gasteiger partial charge in [0.2, 0.25) is 0 Å². The minimum atomic E-state index is -0.950. The molecule has 96 valence electrons. The molecule has 3 fully saturated rings. The van der Waals surface area contributed by atoms with Gasteiger partial charge in [0.25, 0.3) is 0 Å². The summed E-state index contributed by atoms with van der Waals surface area (Å²) in [5.41, 5.74) is 6.28. The van der Waals surface area contributed by atoms with Crippen molar-refractivity contribution in [1.82, 2.24) is 0 Å². The molecular formula is C13H13ClFNO2. The van der Waals surface area contributed by atoms with Crippen LogP contribution < -0.4 is 5.73 Å². The summed E-state index contributed by atoms with van der Waals surface area (Å²) in [6, 6.07) is 3.60. The van der Waals surface area contributed by atoms with Crippen molar-refractivity contribution in [2.24, 2.45) is 11.1 Å². The van der Waals surface area contributed by atoms with Gasteiger partial charge < -0.3 is 10.8 Å². The third-order valence-electron chi connectivity index (χ3n) is 4.50. The Kier molecular flexibility index (Phi) is 2.29. The molecule has 0 radical (unpaired) electrons. The topological polar surface area (TPSA) is 63.3 Å². The van der Waals surface area contributed by atoms with Gasteiger partial charge in [-0.05, 0) is 47.8 Å². The highest BCUT2D eigenvalue weighted by Crippen LogP contribution is 2.75. The fourth-order valence-electron chi connectivity index (χ4n) is 3.66. The second-order valence-electron chi connectivity index (χ2n) is 5.61. The first-order valence-corrected chi connectivity index (χ1v) is 6.20. The van der Waals surface area contributed by atoms with Crippen molar-refractivity contribution in [2.75, 3.05) is 0 Å². The van der Waals surface area contributed by atoms with E-state index in [9.17, 15) is 9.18 Å². The van der Waals surface area contributed by atoms with Crippen LogP contribution in [0.2, 0.25) is 5.02 Å². The van der Waals surface area contributed by atoms with E-state index in [1.165, 1.54) is 12.1 Å². The fourth-order valence-corrected chi connectivity index (χ4v) is 4.03. The van der Waals surface area contributed by atoms with E-state index in [0.29, 0.717) is 5.02 Å². The van der Waals surface area contributed by atoms with Crippen LogP contribution in [0.1, 0.15) is 24.8 Å². The van der Waals surface area contributed by atoms with E-state index in [-0.39, 0.29) is 16.6 Å². The minimum absolute atomic E-state index is 0.0716. The van der Waals surface area contributed by atoms with E-state index < -0.39 is 12.0 Å². The summed E-state index contributed by atoms with van der Waals surface area (Å²) in [7, 11) is 0. The lowest BCUT2D eigenvalue weighted by Gasteiger charge is -2.72. The standard InChI is InChI=1S/C13H13ClFNO2/c14-9-3-7(15)1-2-8(9)12-4-13(5-12,6-12)10(16)11(17)18/h1-3,10H,4-6,16H2,(H,17,18). The Balaban J connectivity index is 1.82. The number of carbonyl (C=O) groups is 1. The van der Waals surface area contributed by atoms with Crippen LogP contribution in [0.25, 0.3) is 0 Å². The first-order chi connectivity index (χ1) is 8.39. The van der Waals surface area contributed by atoms with Gasteiger partial charge >= 0.3 is 5.97 Å². The smallest absolute Gasteiger partial charge is 0.321 e. The average Bonchev–Trinajstić information content (AvgIpc) is 2.16. The van der Waals surface area contributed by atoms with Gasteiger partial charge in [0.1, 0.15) is 11.9 Å². The molecule has 1 atom stereocenters. The number of nitrogens with two attached hydrogens (primary N) is 1. The molecule has 1 aromatic rings. The van der Waals surface area contributed by atoms with Gasteiger partial charge in [0, 0.05) is 5.02 Å². The fraction of sp³-hybridized carbons (Fsp3) is 0.462. The van der Waals surface area contributed by atoms with Crippen LogP contribution in [0.15, 0.2) is 18.2 Å². The largest absolute Gasteiger partial charge is 0.480 e. The quantitative estimate of drug-likeness (QED) is 0.885. The third-order valence-corrected chi connectivity index (χ3v) is 4.81. The monoisotopic (exact) mass is 269 g/mol. The maximum atomic E-state index is 13.0. The van der Waals surface area contributed by atoms with E-state index >= 15 is 0 Å². The summed E-state index contributed by atoms with van der Waals surface area (Å²) in [5.74, 6) is -1.30. The first-order valence-electron chi connectivity index (χ1n) is 5.83. The van der Waals surface area contributed by atoms with Gasteiger partial charge in [0.05, 0.1) is 0 Å². The summed E-state index contributed by atoms with van der Waals surface area (Å²) in [6.45, 7) is 0. The van der Waals surface area contributed by atoms with Crippen molar-refractivity contribution in [3.8, 4) is 0 Å². The maximum absolute atomic E-state index is 13.0. The van der Waals surface area contributed by atoms with Gasteiger partial charge in [-0.3, -0.25) is 4.79 Å². The van der Waals surface area contributed by atoms with Crippen molar-refractivity contribution in [1.29, 1.82) is 0 Å². The van der Waals surface area contributed by atoms with Crippen molar-refractivity contribution in [3.05, 3.63) is 34.6 Å². The molecule has 1 unspecified atom stereocenters. The molecule has 3 aliphatic rings. The summed E-state index contributed by atoms with van der Waals surface area (Å²) in [4.78, 5) is 10.9. The lowest BCUT2D eigenvalue weighted by Crippen LogP contribution is -2.72. The van der Waals surface area contributed by atoms with Crippen LogP contribution in [0.5, 0.6) is 0 Å². The Morgan fingerprint density at radius 3 is 2.56 bits per heavy atom. The molecule has 0 aliphatic heterocycles. The number of aliphatic carboxylic acids is 1. The van der Waals surface area contributed by atoms with Crippen LogP contribution in [-0.2, 0) is 10.2 Å².